The molecule has 2 amide bonds. The van der Waals surface area contributed by atoms with Gasteiger partial charge in [-0.25, -0.2) is 4.79 Å². The molecule has 0 aromatic rings. The number of primary amides is 1. The van der Waals surface area contributed by atoms with Gasteiger partial charge in [0.2, 0.25) is 0 Å². The Bertz CT molecular complexity index is 194. The van der Waals surface area contributed by atoms with Crippen molar-refractivity contribution in [1.82, 2.24) is 10.6 Å². The van der Waals surface area contributed by atoms with Crippen LogP contribution < -0.4 is 16.4 Å². The second-order valence-corrected chi connectivity index (χ2v) is 3.83. The van der Waals surface area contributed by atoms with Gasteiger partial charge in [0.15, 0.2) is 0 Å². The van der Waals surface area contributed by atoms with E-state index in [1.165, 1.54) is 0 Å². The van der Waals surface area contributed by atoms with Crippen LogP contribution in [0.2, 0.25) is 0 Å². The number of hydrogen-bond donors (Lipinski definition) is 3. The van der Waals surface area contributed by atoms with Crippen molar-refractivity contribution in [1.29, 1.82) is 0 Å². The van der Waals surface area contributed by atoms with Crippen molar-refractivity contribution >= 4 is 6.03 Å². The Balaban J connectivity index is 1.89. The lowest BCUT2D eigenvalue weighted by Gasteiger charge is -2.70. The van der Waals surface area contributed by atoms with Crippen molar-refractivity contribution in [3.05, 3.63) is 0 Å². The van der Waals surface area contributed by atoms with Crippen LogP contribution in [0.3, 0.4) is 0 Å². The highest BCUT2D eigenvalue weighted by atomic mass is 16.2. The molecule has 0 aromatic heterocycles. The molecular formula is C7H13N3O. The summed E-state index contributed by atoms with van der Waals surface area (Å²) in [7, 11) is 1.97. The minimum absolute atomic E-state index is 0.0643. The Morgan fingerprint density at radius 2 is 1.91 bits per heavy atom. The molecule has 0 heterocycles. The molecule has 0 atom stereocenters. The zero-order valence-electron chi connectivity index (χ0n) is 6.61. The molecule has 0 spiro atoms. The molecule has 4 nitrogen and oxygen atoms in total. The van der Waals surface area contributed by atoms with E-state index in [0.717, 1.165) is 19.3 Å². The van der Waals surface area contributed by atoms with Crippen molar-refractivity contribution < 1.29 is 4.79 Å². The molecule has 4 heteroatoms. The van der Waals surface area contributed by atoms with Crippen molar-refractivity contribution in [3.8, 4) is 0 Å². The lowest BCUT2D eigenvalue weighted by Crippen LogP contribution is -2.83. The summed E-state index contributed by atoms with van der Waals surface area (Å²) < 4.78 is 0. The van der Waals surface area contributed by atoms with Crippen LogP contribution in [0.4, 0.5) is 4.79 Å². The molecule has 11 heavy (non-hydrogen) atoms. The van der Waals surface area contributed by atoms with E-state index < -0.39 is 6.03 Å². The monoisotopic (exact) mass is 155 g/mol. The molecule has 0 aromatic carbocycles. The molecule has 0 aliphatic heterocycles. The Kier molecular flexibility index (Phi) is 1.06. The zero-order valence-corrected chi connectivity index (χ0v) is 6.61. The Hall–Kier alpha value is -0.770. The van der Waals surface area contributed by atoms with Gasteiger partial charge in [-0.1, -0.05) is 0 Å². The minimum atomic E-state index is -0.394. The second-order valence-electron chi connectivity index (χ2n) is 3.83. The summed E-state index contributed by atoms with van der Waals surface area (Å²) in [4.78, 5) is 10.5. The fourth-order valence-corrected chi connectivity index (χ4v) is 2.45. The third kappa shape index (κ3) is 0.758. The average molecular weight is 155 g/mol. The topological polar surface area (TPSA) is 67.2 Å². The second kappa shape index (κ2) is 1.69. The maximum atomic E-state index is 10.5. The standard InChI is InChI=1S/C7H13N3O/c1-9-6-2-7(3-6,4-6)10-5(8)11/h9H,2-4H2,1H3,(H3,8,10,11). The SMILES string of the molecule is CNC12CC(NC(N)=O)(C1)C2. The first-order chi connectivity index (χ1) is 5.10. The number of urea groups is 1. The number of nitrogens with two attached hydrogens (primary N) is 1. The quantitative estimate of drug-likeness (QED) is 0.505. The molecule has 62 valence electrons. The van der Waals surface area contributed by atoms with Gasteiger partial charge in [-0.05, 0) is 26.3 Å². The van der Waals surface area contributed by atoms with Crippen LogP contribution in [0.5, 0.6) is 0 Å². The molecule has 2 bridgehead atoms. The fourth-order valence-electron chi connectivity index (χ4n) is 2.45. The number of carbonyl (C=O) groups is 1. The largest absolute Gasteiger partial charge is 0.352 e. The first-order valence-corrected chi connectivity index (χ1v) is 3.86. The van der Waals surface area contributed by atoms with E-state index in [0.29, 0.717) is 5.54 Å². The maximum absolute atomic E-state index is 10.5. The van der Waals surface area contributed by atoms with Crippen LogP contribution in [-0.2, 0) is 0 Å². The lowest BCUT2D eigenvalue weighted by molar-refractivity contribution is -0.0908. The average Bonchev–Trinajstić information content (AvgIpc) is 1.74. The van der Waals surface area contributed by atoms with Crippen molar-refractivity contribution in [2.24, 2.45) is 5.73 Å². The molecule has 4 N–H and O–H groups in total. The van der Waals surface area contributed by atoms with E-state index in [-0.39, 0.29) is 5.54 Å². The number of amides is 2. The molecule has 3 saturated carbocycles. The summed E-state index contributed by atoms with van der Waals surface area (Å²) in [6.07, 6.45) is 3.12. The van der Waals surface area contributed by atoms with Gasteiger partial charge in [0.1, 0.15) is 0 Å². The van der Waals surface area contributed by atoms with Gasteiger partial charge >= 0.3 is 6.03 Å². The Morgan fingerprint density at radius 1 is 1.36 bits per heavy atom. The van der Waals surface area contributed by atoms with E-state index >= 15 is 0 Å². The third-order valence-corrected chi connectivity index (χ3v) is 2.95. The molecule has 0 unspecified atom stereocenters. The van der Waals surface area contributed by atoms with Gasteiger partial charge in [0.05, 0.1) is 0 Å². The fraction of sp³-hybridized carbons (Fsp3) is 0.857. The van der Waals surface area contributed by atoms with Crippen LogP contribution in [0, 0.1) is 0 Å². The predicted octanol–water partition coefficient (Wildman–Crippen LogP) is -0.451. The van der Waals surface area contributed by atoms with Crippen LogP contribution in [0.1, 0.15) is 19.3 Å². The van der Waals surface area contributed by atoms with Crippen LogP contribution in [0.25, 0.3) is 0 Å². The van der Waals surface area contributed by atoms with Crippen LogP contribution in [-0.4, -0.2) is 24.2 Å². The normalized spacial score (nSPS) is 45.5. The molecule has 3 aliphatic rings. The van der Waals surface area contributed by atoms with E-state index in [1.807, 2.05) is 7.05 Å². The van der Waals surface area contributed by atoms with E-state index in [1.54, 1.807) is 0 Å². The highest BCUT2D eigenvalue weighted by Crippen LogP contribution is 2.59. The van der Waals surface area contributed by atoms with Crippen LogP contribution >= 0.6 is 0 Å². The molecule has 0 saturated heterocycles. The Morgan fingerprint density at radius 3 is 2.27 bits per heavy atom. The first-order valence-electron chi connectivity index (χ1n) is 3.86. The lowest BCUT2D eigenvalue weighted by atomic mass is 9.44. The summed E-state index contributed by atoms with van der Waals surface area (Å²) >= 11 is 0. The van der Waals surface area contributed by atoms with Crippen molar-refractivity contribution in [2.75, 3.05) is 7.05 Å². The van der Waals surface area contributed by atoms with Crippen LogP contribution in [0.15, 0.2) is 0 Å². The summed E-state index contributed by atoms with van der Waals surface area (Å²) in [6.45, 7) is 0. The molecular weight excluding hydrogens is 142 g/mol. The van der Waals surface area contributed by atoms with Gasteiger partial charge in [-0.2, -0.15) is 0 Å². The van der Waals surface area contributed by atoms with Gasteiger partial charge in [0.25, 0.3) is 0 Å². The van der Waals surface area contributed by atoms with E-state index in [2.05, 4.69) is 10.6 Å². The first kappa shape index (κ1) is 6.91. The summed E-state index contributed by atoms with van der Waals surface area (Å²) in [6, 6.07) is -0.394. The minimum Gasteiger partial charge on any atom is -0.352 e. The molecule has 3 aliphatic carbocycles. The van der Waals surface area contributed by atoms with Gasteiger partial charge < -0.3 is 16.4 Å². The van der Waals surface area contributed by atoms with E-state index in [9.17, 15) is 4.79 Å². The molecule has 0 radical (unpaired) electrons. The Labute approximate surface area is 65.5 Å². The maximum Gasteiger partial charge on any atom is 0.312 e. The van der Waals surface area contributed by atoms with Gasteiger partial charge in [-0.15, -0.1) is 0 Å². The smallest absolute Gasteiger partial charge is 0.312 e. The number of carbonyl (C=O) groups excluding carboxylic acids is 1. The zero-order chi connectivity index (χ0) is 8.11. The number of hydrogen-bond acceptors (Lipinski definition) is 2. The number of nitrogens with one attached hydrogen (secondary N) is 2. The highest BCUT2D eigenvalue weighted by molar-refractivity contribution is 5.73. The highest BCUT2D eigenvalue weighted by Gasteiger charge is 2.67. The molecule has 3 rings (SSSR count). The summed E-state index contributed by atoms with van der Waals surface area (Å²) in [5.41, 5.74) is 5.43. The van der Waals surface area contributed by atoms with Gasteiger partial charge in [0, 0.05) is 11.1 Å². The predicted molar refractivity (Wildman–Crippen MR) is 41.1 cm³/mol. The van der Waals surface area contributed by atoms with Gasteiger partial charge in [-0.3, -0.25) is 0 Å². The number of rotatable bonds is 2. The van der Waals surface area contributed by atoms with Crippen molar-refractivity contribution in [2.45, 2.75) is 30.3 Å². The molecule has 3 fully saturated rings. The van der Waals surface area contributed by atoms with E-state index in [4.69, 9.17) is 5.73 Å². The third-order valence-electron chi connectivity index (χ3n) is 2.95. The van der Waals surface area contributed by atoms with Crippen molar-refractivity contribution in [3.63, 3.8) is 0 Å². The summed E-state index contributed by atoms with van der Waals surface area (Å²) in [5.74, 6) is 0. The summed E-state index contributed by atoms with van der Waals surface area (Å²) in [5, 5.41) is 6.03.